The summed E-state index contributed by atoms with van der Waals surface area (Å²) in [6.07, 6.45) is 0.194. The molecule has 104 valence electrons. The fourth-order valence-electron chi connectivity index (χ4n) is 2.03. The fourth-order valence-corrected chi connectivity index (χ4v) is 2.03. The molecule has 0 bridgehead atoms. The van der Waals surface area contributed by atoms with Crippen molar-refractivity contribution in [3.8, 4) is 5.75 Å². The first-order valence-corrected chi connectivity index (χ1v) is 6.61. The summed E-state index contributed by atoms with van der Waals surface area (Å²) >= 11 is 0. The summed E-state index contributed by atoms with van der Waals surface area (Å²) in [5, 5.41) is 0. The maximum absolute atomic E-state index is 13.2. The van der Waals surface area contributed by atoms with Crippen LogP contribution in [0.3, 0.4) is 0 Å². The number of rotatable bonds is 5. The van der Waals surface area contributed by atoms with Crippen molar-refractivity contribution in [1.29, 1.82) is 0 Å². The van der Waals surface area contributed by atoms with Crippen LogP contribution in [0.1, 0.15) is 28.4 Å². The first-order valence-electron chi connectivity index (χ1n) is 6.61. The Balaban J connectivity index is 2.19. The van der Waals surface area contributed by atoms with Crippen molar-refractivity contribution in [3.63, 3.8) is 0 Å². The van der Waals surface area contributed by atoms with Gasteiger partial charge in [-0.05, 0) is 49.2 Å². The Morgan fingerprint density at radius 3 is 2.75 bits per heavy atom. The minimum absolute atomic E-state index is 0.0414. The number of ketones is 1. The normalized spacial score (nSPS) is 10.3. The van der Waals surface area contributed by atoms with Crippen LogP contribution in [0.15, 0.2) is 42.5 Å². The number of aryl methyl sites for hydroxylation is 1. The number of Topliss-reactive ketones (excluding diaryl/α,β-unsaturated/α-hetero) is 1. The molecule has 0 heterocycles. The first-order chi connectivity index (χ1) is 9.60. The highest BCUT2D eigenvalue weighted by Gasteiger charge is 2.10. The molecule has 0 saturated heterocycles. The molecule has 0 aliphatic rings. The molecule has 0 fully saturated rings. The second-order valence-electron chi connectivity index (χ2n) is 4.63. The molecule has 0 atom stereocenters. The van der Waals surface area contributed by atoms with E-state index in [9.17, 15) is 9.18 Å². The monoisotopic (exact) mass is 272 g/mol. The summed E-state index contributed by atoms with van der Waals surface area (Å²) in [5.41, 5.74) is 2.22. The van der Waals surface area contributed by atoms with Crippen molar-refractivity contribution in [3.05, 3.63) is 65.0 Å². The van der Waals surface area contributed by atoms with E-state index in [1.165, 1.54) is 12.1 Å². The minimum atomic E-state index is -0.318. The van der Waals surface area contributed by atoms with Crippen LogP contribution >= 0.6 is 0 Å². The van der Waals surface area contributed by atoms with E-state index in [0.29, 0.717) is 17.9 Å². The van der Waals surface area contributed by atoms with E-state index in [4.69, 9.17) is 4.74 Å². The molecular weight excluding hydrogens is 255 g/mol. The Morgan fingerprint density at radius 1 is 1.20 bits per heavy atom. The van der Waals surface area contributed by atoms with Crippen LogP contribution in [0, 0.1) is 12.7 Å². The largest absolute Gasteiger partial charge is 0.494 e. The molecule has 0 aliphatic heterocycles. The molecule has 2 aromatic carbocycles. The molecule has 0 radical (unpaired) electrons. The summed E-state index contributed by atoms with van der Waals surface area (Å²) < 4.78 is 18.6. The molecule has 2 aromatic rings. The maximum Gasteiger partial charge on any atom is 0.167 e. The number of halogens is 1. The molecular formula is C17H17FO2. The van der Waals surface area contributed by atoms with Crippen LogP contribution in [0.5, 0.6) is 5.75 Å². The zero-order valence-electron chi connectivity index (χ0n) is 11.7. The smallest absolute Gasteiger partial charge is 0.167 e. The quantitative estimate of drug-likeness (QED) is 0.770. The molecule has 2 rings (SSSR count). The maximum atomic E-state index is 13.2. The Labute approximate surface area is 118 Å². The molecule has 0 unspecified atom stereocenters. The fraction of sp³-hybridized carbons (Fsp3) is 0.235. The lowest BCUT2D eigenvalue weighted by Crippen LogP contribution is -2.05. The van der Waals surface area contributed by atoms with Gasteiger partial charge in [-0.15, -0.1) is 0 Å². The third kappa shape index (κ3) is 3.44. The van der Waals surface area contributed by atoms with Crippen LogP contribution in [-0.2, 0) is 6.42 Å². The number of hydrogen-bond donors (Lipinski definition) is 0. The molecule has 0 aromatic heterocycles. The predicted octanol–water partition coefficient (Wildman–Crippen LogP) is 3.96. The van der Waals surface area contributed by atoms with Crippen LogP contribution in [0.2, 0.25) is 0 Å². The van der Waals surface area contributed by atoms with E-state index in [1.807, 2.05) is 19.9 Å². The predicted molar refractivity (Wildman–Crippen MR) is 76.8 cm³/mol. The zero-order valence-corrected chi connectivity index (χ0v) is 11.7. The van der Waals surface area contributed by atoms with Crippen molar-refractivity contribution in [2.75, 3.05) is 6.61 Å². The van der Waals surface area contributed by atoms with Gasteiger partial charge in [0.05, 0.1) is 6.61 Å². The number of carbonyl (C=O) groups excluding carboxylic acids is 1. The number of benzene rings is 2. The van der Waals surface area contributed by atoms with Crippen molar-refractivity contribution in [1.82, 2.24) is 0 Å². The Kier molecular flexibility index (Phi) is 4.51. The van der Waals surface area contributed by atoms with Gasteiger partial charge in [-0.3, -0.25) is 4.79 Å². The van der Waals surface area contributed by atoms with E-state index in [1.54, 1.807) is 24.3 Å². The molecule has 0 amide bonds. The number of hydrogen-bond acceptors (Lipinski definition) is 2. The van der Waals surface area contributed by atoms with Gasteiger partial charge < -0.3 is 4.74 Å². The van der Waals surface area contributed by atoms with Gasteiger partial charge >= 0.3 is 0 Å². The third-order valence-corrected chi connectivity index (χ3v) is 3.13. The zero-order chi connectivity index (χ0) is 14.5. The highest BCUT2D eigenvalue weighted by molar-refractivity contribution is 5.98. The summed E-state index contributed by atoms with van der Waals surface area (Å²) in [7, 11) is 0. The Morgan fingerprint density at radius 2 is 2.00 bits per heavy atom. The average Bonchev–Trinajstić information content (AvgIpc) is 2.43. The van der Waals surface area contributed by atoms with Crippen LogP contribution in [-0.4, -0.2) is 12.4 Å². The molecule has 20 heavy (non-hydrogen) atoms. The van der Waals surface area contributed by atoms with Crippen molar-refractivity contribution < 1.29 is 13.9 Å². The topological polar surface area (TPSA) is 26.3 Å². The van der Waals surface area contributed by atoms with Crippen LogP contribution in [0.25, 0.3) is 0 Å². The van der Waals surface area contributed by atoms with Gasteiger partial charge in [-0.1, -0.05) is 18.2 Å². The van der Waals surface area contributed by atoms with Gasteiger partial charge in [0.15, 0.2) is 5.78 Å². The van der Waals surface area contributed by atoms with Gasteiger partial charge in [0, 0.05) is 12.0 Å². The standard InChI is InChI=1S/C17H17FO2/c1-3-20-16-6-4-5-13(10-16)17(19)11-14-9-15(18)8-7-12(14)2/h4-10H,3,11H2,1-2H3. The van der Waals surface area contributed by atoms with Crippen LogP contribution < -0.4 is 4.74 Å². The Hall–Kier alpha value is -2.16. The van der Waals surface area contributed by atoms with E-state index >= 15 is 0 Å². The lowest BCUT2D eigenvalue weighted by atomic mass is 9.99. The van der Waals surface area contributed by atoms with Gasteiger partial charge in [0.25, 0.3) is 0 Å². The number of ether oxygens (including phenoxy) is 1. The molecule has 0 N–H and O–H groups in total. The summed E-state index contributed by atoms with van der Waals surface area (Å²) in [5.74, 6) is 0.316. The highest BCUT2D eigenvalue weighted by Crippen LogP contribution is 2.17. The van der Waals surface area contributed by atoms with Gasteiger partial charge in [-0.2, -0.15) is 0 Å². The van der Waals surface area contributed by atoms with Crippen molar-refractivity contribution in [2.24, 2.45) is 0 Å². The van der Waals surface area contributed by atoms with Gasteiger partial charge in [0.1, 0.15) is 11.6 Å². The highest BCUT2D eigenvalue weighted by atomic mass is 19.1. The van der Waals surface area contributed by atoms with Gasteiger partial charge in [-0.25, -0.2) is 4.39 Å². The summed E-state index contributed by atoms with van der Waals surface area (Å²) in [6, 6.07) is 11.6. The SMILES string of the molecule is CCOc1cccc(C(=O)Cc2cc(F)ccc2C)c1. The summed E-state index contributed by atoms with van der Waals surface area (Å²) in [4.78, 5) is 12.3. The average molecular weight is 272 g/mol. The van der Waals surface area contributed by atoms with E-state index in [-0.39, 0.29) is 18.0 Å². The van der Waals surface area contributed by atoms with E-state index < -0.39 is 0 Å². The minimum Gasteiger partial charge on any atom is -0.494 e. The lowest BCUT2D eigenvalue weighted by molar-refractivity contribution is 0.0992. The Bertz CT molecular complexity index is 620. The third-order valence-electron chi connectivity index (χ3n) is 3.13. The lowest BCUT2D eigenvalue weighted by Gasteiger charge is -2.07. The second-order valence-corrected chi connectivity index (χ2v) is 4.63. The molecule has 2 nitrogen and oxygen atoms in total. The molecule has 0 spiro atoms. The van der Waals surface area contributed by atoms with Gasteiger partial charge in [0.2, 0.25) is 0 Å². The first kappa shape index (κ1) is 14.3. The molecule has 0 aliphatic carbocycles. The van der Waals surface area contributed by atoms with Crippen molar-refractivity contribution >= 4 is 5.78 Å². The molecule has 0 saturated carbocycles. The van der Waals surface area contributed by atoms with Crippen molar-refractivity contribution in [2.45, 2.75) is 20.3 Å². The summed E-state index contributed by atoms with van der Waals surface area (Å²) in [6.45, 7) is 4.32. The van der Waals surface area contributed by atoms with E-state index in [0.717, 1.165) is 11.1 Å². The van der Waals surface area contributed by atoms with E-state index in [2.05, 4.69) is 0 Å². The second kappa shape index (κ2) is 6.33. The van der Waals surface area contributed by atoms with Crippen LogP contribution in [0.4, 0.5) is 4.39 Å². The number of carbonyl (C=O) groups is 1. The molecule has 3 heteroatoms.